The van der Waals surface area contributed by atoms with Crippen molar-refractivity contribution in [3.8, 4) is 11.8 Å². The number of nitriles is 1. The molecule has 1 heterocycles. The molecule has 0 fully saturated rings. The van der Waals surface area contributed by atoms with Gasteiger partial charge in [0.25, 0.3) is 0 Å². The summed E-state index contributed by atoms with van der Waals surface area (Å²) in [5, 5.41) is 14.2. The van der Waals surface area contributed by atoms with E-state index in [0.29, 0.717) is 15.6 Å². The van der Waals surface area contributed by atoms with E-state index in [0.717, 1.165) is 28.2 Å². The van der Waals surface area contributed by atoms with Gasteiger partial charge < -0.3 is 9.40 Å². The van der Waals surface area contributed by atoms with Crippen LogP contribution in [0.1, 0.15) is 28.1 Å². The summed E-state index contributed by atoms with van der Waals surface area (Å²) in [5.41, 5.74) is 5.10. The minimum atomic E-state index is 0.235. The van der Waals surface area contributed by atoms with E-state index in [1.807, 2.05) is 54.8 Å². The standard InChI is InChI=1S/C21H17Cl2N3O/c1-14-10-18(12-25-27-13-17-7-4-3-6-16(17)11-24)15(2)26(14)20-9-5-8-19(22)21(20)23/h3-10,12H,13H2,1-2H3/b25-12-. The molecular weight excluding hydrogens is 381 g/mol. The molecule has 2 aromatic carbocycles. The number of oxime groups is 1. The average molecular weight is 398 g/mol. The van der Waals surface area contributed by atoms with Crippen LogP contribution in [0.3, 0.4) is 0 Å². The lowest BCUT2D eigenvalue weighted by molar-refractivity contribution is 0.132. The van der Waals surface area contributed by atoms with Crippen molar-refractivity contribution in [2.45, 2.75) is 20.5 Å². The third kappa shape index (κ3) is 4.00. The molecule has 0 N–H and O–H groups in total. The van der Waals surface area contributed by atoms with Crippen LogP contribution in [-0.2, 0) is 11.4 Å². The molecule has 0 spiro atoms. The number of hydrogen-bond donors (Lipinski definition) is 0. The normalized spacial score (nSPS) is 10.9. The van der Waals surface area contributed by atoms with Crippen molar-refractivity contribution in [1.82, 2.24) is 4.57 Å². The average Bonchev–Trinajstić information content (AvgIpc) is 2.95. The van der Waals surface area contributed by atoms with Crippen molar-refractivity contribution >= 4 is 29.4 Å². The van der Waals surface area contributed by atoms with E-state index in [-0.39, 0.29) is 6.61 Å². The lowest BCUT2D eigenvalue weighted by Gasteiger charge is -2.12. The van der Waals surface area contributed by atoms with Gasteiger partial charge in [0.2, 0.25) is 0 Å². The highest BCUT2D eigenvalue weighted by molar-refractivity contribution is 6.43. The van der Waals surface area contributed by atoms with Crippen LogP contribution in [0.15, 0.2) is 53.7 Å². The Morgan fingerprint density at radius 1 is 1.15 bits per heavy atom. The van der Waals surface area contributed by atoms with Crippen LogP contribution in [0.25, 0.3) is 5.69 Å². The van der Waals surface area contributed by atoms with Gasteiger partial charge in [0, 0.05) is 22.5 Å². The van der Waals surface area contributed by atoms with Crippen LogP contribution in [0.5, 0.6) is 0 Å². The predicted octanol–water partition coefficient (Wildman–Crippen LogP) is 5.82. The van der Waals surface area contributed by atoms with Crippen molar-refractivity contribution in [2.75, 3.05) is 0 Å². The SMILES string of the molecule is Cc1cc(/C=N\OCc2ccccc2C#N)c(C)n1-c1cccc(Cl)c1Cl. The number of hydrogen-bond acceptors (Lipinski definition) is 3. The van der Waals surface area contributed by atoms with Crippen LogP contribution in [0.4, 0.5) is 0 Å². The molecule has 0 unspecified atom stereocenters. The number of aryl methyl sites for hydroxylation is 1. The number of rotatable bonds is 5. The Labute approximate surface area is 168 Å². The van der Waals surface area contributed by atoms with Gasteiger partial charge in [0.15, 0.2) is 0 Å². The highest BCUT2D eigenvalue weighted by atomic mass is 35.5. The molecule has 0 bridgehead atoms. The maximum Gasteiger partial charge on any atom is 0.143 e. The minimum Gasteiger partial charge on any atom is -0.391 e. The number of aromatic nitrogens is 1. The highest BCUT2D eigenvalue weighted by Gasteiger charge is 2.13. The number of nitrogens with zero attached hydrogens (tertiary/aromatic N) is 3. The Balaban J connectivity index is 1.80. The molecule has 0 aliphatic heterocycles. The molecule has 0 aliphatic carbocycles. The molecule has 0 atom stereocenters. The van der Waals surface area contributed by atoms with Gasteiger partial charge in [-0.05, 0) is 38.1 Å². The molecule has 0 saturated carbocycles. The third-order valence-electron chi connectivity index (χ3n) is 4.27. The van der Waals surface area contributed by atoms with Crippen molar-refractivity contribution < 1.29 is 4.84 Å². The van der Waals surface area contributed by atoms with E-state index in [2.05, 4.69) is 11.2 Å². The molecule has 6 heteroatoms. The third-order valence-corrected chi connectivity index (χ3v) is 5.08. The minimum absolute atomic E-state index is 0.235. The lowest BCUT2D eigenvalue weighted by atomic mass is 10.1. The van der Waals surface area contributed by atoms with E-state index < -0.39 is 0 Å². The van der Waals surface area contributed by atoms with Crippen molar-refractivity contribution in [2.24, 2.45) is 5.16 Å². The molecule has 4 nitrogen and oxygen atoms in total. The Morgan fingerprint density at radius 2 is 1.93 bits per heavy atom. The first-order valence-electron chi connectivity index (χ1n) is 8.29. The Hall–Kier alpha value is -2.74. The molecule has 136 valence electrons. The summed E-state index contributed by atoms with van der Waals surface area (Å²) >= 11 is 12.5. The zero-order valence-electron chi connectivity index (χ0n) is 14.9. The first-order chi connectivity index (χ1) is 13.0. The van der Waals surface area contributed by atoms with Gasteiger partial charge in [-0.25, -0.2) is 0 Å². The topological polar surface area (TPSA) is 50.3 Å². The summed E-state index contributed by atoms with van der Waals surface area (Å²) in [6, 6.07) is 17.0. The molecule has 0 saturated heterocycles. The van der Waals surface area contributed by atoms with Crippen LogP contribution >= 0.6 is 23.2 Å². The van der Waals surface area contributed by atoms with Gasteiger partial charge in [-0.15, -0.1) is 0 Å². The van der Waals surface area contributed by atoms with Crippen molar-refractivity contribution in [3.63, 3.8) is 0 Å². The summed E-state index contributed by atoms with van der Waals surface area (Å²) in [6.45, 7) is 4.21. The van der Waals surface area contributed by atoms with E-state index in [9.17, 15) is 0 Å². The lowest BCUT2D eigenvalue weighted by Crippen LogP contribution is -2.00. The van der Waals surface area contributed by atoms with Gasteiger partial charge >= 0.3 is 0 Å². The van der Waals surface area contributed by atoms with Gasteiger partial charge in [0.05, 0.1) is 33.6 Å². The van der Waals surface area contributed by atoms with E-state index >= 15 is 0 Å². The molecular formula is C21H17Cl2N3O. The first-order valence-corrected chi connectivity index (χ1v) is 9.05. The summed E-state index contributed by atoms with van der Waals surface area (Å²) < 4.78 is 2.03. The van der Waals surface area contributed by atoms with Crippen LogP contribution in [0, 0.1) is 25.2 Å². The van der Waals surface area contributed by atoms with Crippen LogP contribution < -0.4 is 0 Å². The van der Waals surface area contributed by atoms with E-state index in [4.69, 9.17) is 33.3 Å². The second kappa shape index (κ2) is 8.30. The van der Waals surface area contributed by atoms with Crippen molar-refractivity contribution in [1.29, 1.82) is 5.26 Å². The molecule has 0 radical (unpaired) electrons. The Morgan fingerprint density at radius 3 is 2.70 bits per heavy atom. The van der Waals surface area contributed by atoms with Gasteiger partial charge in [-0.3, -0.25) is 0 Å². The van der Waals surface area contributed by atoms with Crippen LogP contribution in [0.2, 0.25) is 10.0 Å². The number of benzene rings is 2. The fourth-order valence-corrected chi connectivity index (χ4v) is 3.29. The zero-order valence-corrected chi connectivity index (χ0v) is 16.4. The Bertz CT molecular complexity index is 1050. The maximum absolute atomic E-state index is 9.11. The van der Waals surface area contributed by atoms with Gasteiger partial charge in [0.1, 0.15) is 6.61 Å². The second-order valence-electron chi connectivity index (χ2n) is 6.01. The quantitative estimate of drug-likeness (QED) is 0.402. The molecule has 3 aromatic rings. The van der Waals surface area contributed by atoms with Crippen molar-refractivity contribution in [3.05, 3.63) is 86.7 Å². The summed E-state index contributed by atoms with van der Waals surface area (Å²) in [7, 11) is 0. The van der Waals surface area contributed by atoms with E-state index in [1.165, 1.54) is 0 Å². The maximum atomic E-state index is 9.11. The molecule has 3 rings (SSSR count). The fourth-order valence-electron chi connectivity index (χ4n) is 2.91. The molecule has 0 aliphatic rings. The summed E-state index contributed by atoms with van der Waals surface area (Å²) in [4.78, 5) is 5.38. The van der Waals surface area contributed by atoms with Crippen LogP contribution in [-0.4, -0.2) is 10.8 Å². The predicted molar refractivity (Wildman–Crippen MR) is 109 cm³/mol. The van der Waals surface area contributed by atoms with E-state index in [1.54, 1.807) is 18.3 Å². The zero-order chi connectivity index (χ0) is 19.4. The fraction of sp³-hybridized carbons (Fsp3) is 0.143. The number of halogens is 2. The molecule has 0 amide bonds. The second-order valence-corrected chi connectivity index (χ2v) is 6.80. The van der Waals surface area contributed by atoms with Gasteiger partial charge in [-0.1, -0.05) is 52.6 Å². The smallest absolute Gasteiger partial charge is 0.143 e. The highest BCUT2D eigenvalue weighted by Crippen LogP contribution is 2.31. The largest absolute Gasteiger partial charge is 0.391 e. The monoisotopic (exact) mass is 397 g/mol. The molecule has 27 heavy (non-hydrogen) atoms. The van der Waals surface area contributed by atoms with Gasteiger partial charge in [-0.2, -0.15) is 5.26 Å². The summed E-state index contributed by atoms with van der Waals surface area (Å²) in [6.07, 6.45) is 1.66. The Kier molecular flexibility index (Phi) is 5.85. The summed E-state index contributed by atoms with van der Waals surface area (Å²) in [5.74, 6) is 0. The molecule has 1 aromatic heterocycles. The first kappa shape index (κ1) is 19.0.